The third kappa shape index (κ3) is 4.31. The summed E-state index contributed by atoms with van der Waals surface area (Å²) >= 11 is 0. The van der Waals surface area contributed by atoms with Crippen LogP contribution >= 0.6 is 0 Å². The van der Waals surface area contributed by atoms with Crippen LogP contribution in [0.3, 0.4) is 0 Å². The van der Waals surface area contributed by atoms with Crippen molar-refractivity contribution in [3.05, 3.63) is 35.9 Å². The molecule has 0 spiro atoms. The molecule has 2 aliphatic rings. The quantitative estimate of drug-likeness (QED) is 0.841. The highest BCUT2D eigenvalue weighted by atomic mass is 16.5. The Morgan fingerprint density at radius 2 is 1.84 bits per heavy atom. The zero-order valence-electron chi connectivity index (χ0n) is 14.9. The van der Waals surface area contributed by atoms with Crippen LogP contribution in [0.1, 0.15) is 24.8 Å². The van der Waals surface area contributed by atoms with E-state index in [0.29, 0.717) is 39.4 Å². The molecular formula is C19H27N3O3. The number of nitrogens with zero attached hydrogens (tertiary/aromatic N) is 3. The lowest BCUT2D eigenvalue weighted by molar-refractivity contribution is -0.141. The van der Waals surface area contributed by atoms with E-state index in [1.54, 1.807) is 16.8 Å². The van der Waals surface area contributed by atoms with Gasteiger partial charge in [-0.3, -0.25) is 4.79 Å². The van der Waals surface area contributed by atoms with Gasteiger partial charge in [0.2, 0.25) is 5.91 Å². The predicted molar refractivity (Wildman–Crippen MR) is 95.0 cm³/mol. The number of urea groups is 1. The summed E-state index contributed by atoms with van der Waals surface area (Å²) in [5.41, 5.74) is 1.09. The van der Waals surface area contributed by atoms with E-state index in [2.05, 4.69) is 0 Å². The molecule has 0 aromatic heterocycles. The molecule has 2 heterocycles. The molecule has 0 radical (unpaired) electrons. The summed E-state index contributed by atoms with van der Waals surface area (Å²) in [7, 11) is 1.81. The van der Waals surface area contributed by atoms with E-state index in [0.717, 1.165) is 24.8 Å². The molecule has 25 heavy (non-hydrogen) atoms. The third-order valence-electron chi connectivity index (χ3n) is 4.95. The molecule has 0 unspecified atom stereocenters. The molecule has 3 amide bonds. The van der Waals surface area contributed by atoms with Crippen LogP contribution in [-0.2, 0) is 16.1 Å². The third-order valence-corrected chi connectivity index (χ3v) is 4.95. The van der Waals surface area contributed by atoms with Crippen LogP contribution < -0.4 is 0 Å². The second-order valence-electron chi connectivity index (χ2n) is 6.77. The molecule has 1 aromatic carbocycles. The fourth-order valence-corrected chi connectivity index (χ4v) is 3.56. The SMILES string of the molecule is CN(Cc1ccccc1)C(=O)N1CCCC[C@H]1C(=O)N1CCOCC1. The van der Waals surface area contributed by atoms with Gasteiger partial charge in [-0.25, -0.2) is 4.79 Å². The summed E-state index contributed by atoms with van der Waals surface area (Å²) in [4.78, 5) is 31.2. The largest absolute Gasteiger partial charge is 0.378 e. The van der Waals surface area contributed by atoms with E-state index in [4.69, 9.17) is 4.74 Å². The first-order valence-corrected chi connectivity index (χ1v) is 9.09. The van der Waals surface area contributed by atoms with Gasteiger partial charge in [-0.15, -0.1) is 0 Å². The lowest BCUT2D eigenvalue weighted by atomic mass is 10.0. The van der Waals surface area contributed by atoms with Crippen molar-refractivity contribution >= 4 is 11.9 Å². The molecule has 0 aliphatic carbocycles. The standard InChI is InChI=1S/C19H27N3O3/c1-20(15-16-7-3-2-4-8-16)19(24)22-10-6-5-9-17(22)18(23)21-11-13-25-14-12-21/h2-4,7-8,17H,5-6,9-15H2,1H3/t17-/m0/s1. The number of likely N-dealkylation sites (tertiary alicyclic amines) is 1. The van der Waals surface area contributed by atoms with E-state index < -0.39 is 0 Å². The Morgan fingerprint density at radius 3 is 2.56 bits per heavy atom. The molecule has 2 aliphatic heterocycles. The molecule has 0 saturated carbocycles. The minimum absolute atomic E-state index is 0.0600. The van der Waals surface area contributed by atoms with Crippen molar-refractivity contribution in [2.75, 3.05) is 39.9 Å². The molecule has 3 rings (SSSR count). The minimum atomic E-state index is -0.336. The summed E-state index contributed by atoms with van der Waals surface area (Å²) in [5.74, 6) is 0.0736. The smallest absolute Gasteiger partial charge is 0.320 e. The van der Waals surface area contributed by atoms with Crippen molar-refractivity contribution in [1.29, 1.82) is 0 Å². The van der Waals surface area contributed by atoms with Gasteiger partial charge in [-0.1, -0.05) is 30.3 Å². The van der Waals surface area contributed by atoms with Crippen LogP contribution in [0.5, 0.6) is 0 Å². The van der Waals surface area contributed by atoms with Gasteiger partial charge >= 0.3 is 6.03 Å². The molecule has 0 bridgehead atoms. The Balaban J connectivity index is 1.66. The second kappa shape index (κ2) is 8.34. The lowest BCUT2D eigenvalue weighted by Gasteiger charge is -2.40. The first-order chi connectivity index (χ1) is 12.2. The van der Waals surface area contributed by atoms with Gasteiger partial charge in [0.1, 0.15) is 6.04 Å². The van der Waals surface area contributed by atoms with Crippen molar-refractivity contribution < 1.29 is 14.3 Å². The normalized spacial score (nSPS) is 21.1. The van der Waals surface area contributed by atoms with Crippen LogP contribution in [0.4, 0.5) is 4.79 Å². The fourth-order valence-electron chi connectivity index (χ4n) is 3.56. The molecule has 0 N–H and O–H groups in total. The van der Waals surface area contributed by atoms with Crippen LogP contribution in [0, 0.1) is 0 Å². The first-order valence-electron chi connectivity index (χ1n) is 9.09. The summed E-state index contributed by atoms with van der Waals surface area (Å²) in [6.07, 6.45) is 2.70. The van der Waals surface area contributed by atoms with Gasteiger partial charge in [0.25, 0.3) is 0 Å². The number of hydrogen-bond acceptors (Lipinski definition) is 3. The summed E-state index contributed by atoms with van der Waals surface area (Å²) in [6, 6.07) is 9.53. The summed E-state index contributed by atoms with van der Waals surface area (Å²) in [5, 5.41) is 0. The zero-order valence-corrected chi connectivity index (χ0v) is 14.9. The van der Waals surface area contributed by atoms with Crippen LogP contribution in [-0.4, -0.2) is 72.6 Å². The van der Waals surface area contributed by atoms with Crippen LogP contribution in [0.25, 0.3) is 0 Å². The Labute approximate surface area is 149 Å². The molecule has 2 fully saturated rings. The zero-order chi connectivity index (χ0) is 17.6. The maximum absolute atomic E-state index is 13.0. The maximum atomic E-state index is 13.0. The van der Waals surface area contributed by atoms with Gasteiger partial charge in [0.05, 0.1) is 13.2 Å². The number of hydrogen-bond donors (Lipinski definition) is 0. The number of ether oxygens (including phenoxy) is 1. The predicted octanol–water partition coefficient (Wildman–Crippen LogP) is 1.95. The van der Waals surface area contributed by atoms with Crippen molar-refractivity contribution in [2.45, 2.75) is 31.8 Å². The Hall–Kier alpha value is -2.08. The van der Waals surface area contributed by atoms with Gasteiger partial charge in [0, 0.05) is 33.2 Å². The molecule has 1 atom stereocenters. The van der Waals surface area contributed by atoms with Gasteiger partial charge in [0.15, 0.2) is 0 Å². The monoisotopic (exact) mass is 345 g/mol. The Bertz CT molecular complexity index is 587. The van der Waals surface area contributed by atoms with Crippen LogP contribution in [0.2, 0.25) is 0 Å². The van der Waals surface area contributed by atoms with E-state index in [-0.39, 0.29) is 18.0 Å². The molecule has 1 aromatic rings. The Kier molecular flexibility index (Phi) is 5.91. The average molecular weight is 345 g/mol. The summed E-state index contributed by atoms with van der Waals surface area (Å²) < 4.78 is 5.33. The number of amides is 3. The van der Waals surface area contributed by atoms with E-state index >= 15 is 0 Å². The number of rotatable bonds is 3. The topological polar surface area (TPSA) is 53.1 Å². The van der Waals surface area contributed by atoms with Gasteiger partial charge in [-0.05, 0) is 24.8 Å². The van der Waals surface area contributed by atoms with E-state index in [1.165, 1.54) is 0 Å². The van der Waals surface area contributed by atoms with Gasteiger partial charge < -0.3 is 19.4 Å². The molecule has 6 nitrogen and oxygen atoms in total. The number of benzene rings is 1. The highest BCUT2D eigenvalue weighted by molar-refractivity contribution is 5.87. The summed E-state index contributed by atoms with van der Waals surface area (Å²) in [6.45, 7) is 3.61. The lowest BCUT2D eigenvalue weighted by Crippen LogP contribution is -2.57. The minimum Gasteiger partial charge on any atom is -0.378 e. The number of piperidine rings is 1. The van der Waals surface area contributed by atoms with Crippen molar-refractivity contribution in [3.8, 4) is 0 Å². The molecule has 6 heteroatoms. The van der Waals surface area contributed by atoms with Gasteiger partial charge in [-0.2, -0.15) is 0 Å². The highest BCUT2D eigenvalue weighted by Gasteiger charge is 2.36. The van der Waals surface area contributed by atoms with Crippen molar-refractivity contribution in [2.24, 2.45) is 0 Å². The van der Waals surface area contributed by atoms with Crippen molar-refractivity contribution in [1.82, 2.24) is 14.7 Å². The number of carbonyl (C=O) groups excluding carboxylic acids is 2. The fraction of sp³-hybridized carbons (Fsp3) is 0.579. The van der Waals surface area contributed by atoms with E-state index in [9.17, 15) is 9.59 Å². The Morgan fingerprint density at radius 1 is 1.12 bits per heavy atom. The first kappa shape index (κ1) is 17.7. The van der Waals surface area contributed by atoms with E-state index in [1.807, 2.05) is 35.2 Å². The maximum Gasteiger partial charge on any atom is 0.320 e. The van der Waals surface area contributed by atoms with Crippen LogP contribution in [0.15, 0.2) is 30.3 Å². The van der Waals surface area contributed by atoms with Crippen molar-refractivity contribution in [3.63, 3.8) is 0 Å². The number of morpholine rings is 1. The average Bonchev–Trinajstić information content (AvgIpc) is 2.68. The molecule has 2 saturated heterocycles. The highest BCUT2D eigenvalue weighted by Crippen LogP contribution is 2.21. The number of carbonyl (C=O) groups is 2. The molecule has 136 valence electrons. The second-order valence-corrected chi connectivity index (χ2v) is 6.77. The molecular weight excluding hydrogens is 318 g/mol.